The summed E-state index contributed by atoms with van der Waals surface area (Å²) in [7, 11) is 0. The predicted molar refractivity (Wildman–Crippen MR) is 74.4 cm³/mol. The zero-order chi connectivity index (χ0) is 13.3. The molecule has 1 aromatic rings. The van der Waals surface area contributed by atoms with Crippen molar-refractivity contribution in [1.82, 2.24) is 0 Å². The lowest BCUT2D eigenvalue weighted by atomic mass is 10.1. The number of carbonyl (C=O) groups excluding carboxylic acids is 2. The maximum atomic E-state index is 12.4. The van der Waals surface area contributed by atoms with Crippen LogP contribution in [0.15, 0.2) is 23.1 Å². The molecule has 1 heterocycles. The van der Waals surface area contributed by atoms with Gasteiger partial charge in [-0.3, -0.25) is 9.59 Å². The van der Waals surface area contributed by atoms with Crippen LogP contribution in [0.25, 0.3) is 0 Å². The van der Waals surface area contributed by atoms with Crippen molar-refractivity contribution in [2.75, 3.05) is 11.4 Å². The van der Waals surface area contributed by atoms with Crippen molar-refractivity contribution in [1.29, 1.82) is 0 Å². The fourth-order valence-electron chi connectivity index (χ4n) is 2.11. The van der Waals surface area contributed by atoms with Gasteiger partial charge in [0.1, 0.15) is 6.29 Å². The fraction of sp³-hybridized carbons (Fsp3) is 0.429. The van der Waals surface area contributed by atoms with E-state index in [4.69, 9.17) is 0 Å². The summed E-state index contributed by atoms with van der Waals surface area (Å²) in [6, 6.07) is 5.50. The van der Waals surface area contributed by atoms with Crippen molar-refractivity contribution < 1.29 is 9.59 Å². The maximum absolute atomic E-state index is 12.4. The van der Waals surface area contributed by atoms with E-state index < -0.39 is 4.75 Å². The van der Waals surface area contributed by atoms with E-state index in [9.17, 15) is 9.59 Å². The molecule has 96 valence electrons. The lowest BCUT2D eigenvalue weighted by molar-refractivity contribution is -0.120. The summed E-state index contributed by atoms with van der Waals surface area (Å²) < 4.78 is -0.469. The van der Waals surface area contributed by atoms with Crippen molar-refractivity contribution in [3.8, 4) is 0 Å². The lowest BCUT2D eigenvalue weighted by Crippen LogP contribution is -2.46. The molecule has 1 aliphatic heterocycles. The third kappa shape index (κ3) is 2.17. The predicted octanol–water partition coefficient (Wildman–Crippen LogP) is 3.13. The highest BCUT2D eigenvalue weighted by atomic mass is 32.2. The number of aldehydes is 1. The second kappa shape index (κ2) is 4.76. The number of anilines is 1. The van der Waals surface area contributed by atoms with Crippen LogP contribution in [0.3, 0.4) is 0 Å². The molecule has 1 aromatic carbocycles. The van der Waals surface area contributed by atoms with Gasteiger partial charge < -0.3 is 4.90 Å². The molecule has 0 fully saturated rings. The van der Waals surface area contributed by atoms with Crippen molar-refractivity contribution in [2.45, 2.75) is 36.8 Å². The molecule has 3 nitrogen and oxygen atoms in total. The van der Waals surface area contributed by atoms with E-state index in [-0.39, 0.29) is 5.91 Å². The minimum absolute atomic E-state index is 0.140. The smallest absolute Gasteiger partial charge is 0.243 e. The van der Waals surface area contributed by atoms with Crippen LogP contribution in [0.2, 0.25) is 0 Å². The number of carbonyl (C=O) groups is 2. The first-order valence-electron chi connectivity index (χ1n) is 6.10. The van der Waals surface area contributed by atoms with Gasteiger partial charge in [0, 0.05) is 17.0 Å². The molecular weight excluding hydrogens is 246 g/mol. The molecule has 0 atom stereocenters. The van der Waals surface area contributed by atoms with E-state index in [2.05, 4.69) is 6.92 Å². The number of amides is 1. The first-order chi connectivity index (χ1) is 8.49. The molecule has 0 radical (unpaired) electrons. The zero-order valence-corrected chi connectivity index (χ0v) is 11.7. The standard InChI is InChI=1S/C14H17NO2S/c1-4-7-15-11-6-5-10(9-16)8-12(11)18-14(2,3)13(15)17/h5-6,8-9H,4,7H2,1-3H3. The molecule has 0 saturated carbocycles. The highest BCUT2D eigenvalue weighted by Gasteiger charge is 2.39. The van der Waals surface area contributed by atoms with Gasteiger partial charge in [-0.25, -0.2) is 0 Å². The average molecular weight is 263 g/mol. The number of thioether (sulfide) groups is 1. The Labute approximate surface area is 112 Å². The van der Waals surface area contributed by atoms with E-state index in [0.29, 0.717) is 5.56 Å². The van der Waals surface area contributed by atoms with E-state index in [1.54, 1.807) is 6.07 Å². The maximum Gasteiger partial charge on any atom is 0.243 e. The van der Waals surface area contributed by atoms with Crippen LogP contribution < -0.4 is 4.90 Å². The van der Waals surface area contributed by atoms with Gasteiger partial charge in [-0.1, -0.05) is 6.92 Å². The highest BCUT2D eigenvalue weighted by molar-refractivity contribution is 8.01. The summed E-state index contributed by atoms with van der Waals surface area (Å²) in [6.45, 7) is 6.64. The number of rotatable bonds is 3. The molecule has 0 unspecified atom stereocenters. The minimum atomic E-state index is -0.469. The third-order valence-corrected chi connectivity index (χ3v) is 4.22. The van der Waals surface area contributed by atoms with E-state index in [1.165, 1.54) is 11.8 Å². The van der Waals surface area contributed by atoms with Gasteiger partial charge in [-0.15, -0.1) is 11.8 Å². The Bertz CT molecular complexity index is 497. The molecule has 0 N–H and O–H groups in total. The molecular formula is C14H17NO2S. The Balaban J connectivity index is 2.51. The van der Waals surface area contributed by atoms with Crippen LogP contribution in [0, 0.1) is 0 Å². The second-order valence-corrected chi connectivity index (χ2v) is 6.58. The van der Waals surface area contributed by atoms with E-state index in [1.807, 2.05) is 30.9 Å². The average Bonchev–Trinajstić information content (AvgIpc) is 2.34. The van der Waals surface area contributed by atoms with Crippen LogP contribution in [0.1, 0.15) is 37.6 Å². The third-order valence-electron chi connectivity index (χ3n) is 2.98. The number of hydrogen-bond acceptors (Lipinski definition) is 3. The fourth-order valence-corrected chi connectivity index (χ4v) is 3.33. The minimum Gasteiger partial charge on any atom is -0.310 e. The van der Waals surface area contributed by atoms with Gasteiger partial charge in [0.25, 0.3) is 0 Å². The topological polar surface area (TPSA) is 37.4 Å². The molecule has 1 amide bonds. The van der Waals surface area contributed by atoms with Gasteiger partial charge in [0.2, 0.25) is 5.91 Å². The molecule has 18 heavy (non-hydrogen) atoms. The van der Waals surface area contributed by atoms with Gasteiger partial charge in [0.15, 0.2) is 0 Å². The molecule has 0 spiro atoms. The molecule has 0 saturated heterocycles. The summed E-state index contributed by atoms with van der Waals surface area (Å²) >= 11 is 1.53. The van der Waals surface area contributed by atoms with Gasteiger partial charge in [0.05, 0.1) is 10.4 Å². The summed E-state index contributed by atoms with van der Waals surface area (Å²) in [5.41, 5.74) is 1.58. The SMILES string of the molecule is CCCN1C(=O)C(C)(C)Sc2cc(C=O)ccc21. The Kier molecular flexibility index (Phi) is 3.48. The Morgan fingerprint density at radius 3 is 2.72 bits per heavy atom. The van der Waals surface area contributed by atoms with Crippen molar-refractivity contribution in [2.24, 2.45) is 0 Å². The molecule has 0 bridgehead atoms. The van der Waals surface area contributed by atoms with E-state index >= 15 is 0 Å². The summed E-state index contributed by atoms with van der Waals surface area (Å²) in [6.07, 6.45) is 1.76. The first kappa shape index (κ1) is 13.1. The Morgan fingerprint density at radius 1 is 1.39 bits per heavy atom. The molecule has 4 heteroatoms. The van der Waals surface area contributed by atoms with Gasteiger partial charge >= 0.3 is 0 Å². The van der Waals surface area contributed by atoms with Crippen molar-refractivity contribution in [3.05, 3.63) is 23.8 Å². The Hall–Kier alpha value is -1.29. The lowest BCUT2D eigenvalue weighted by Gasteiger charge is -2.38. The number of hydrogen-bond donors (Lipinski definition) is 0. The highest BCUT2D eigenvalue weighted by Crippen LogP contribution is 2.45. The number of nitrogens with zero attached hydrogens (tertiary/aromatic N) is 1. The monoisotopic (exact) mass is 263 g/mol. The van der Waals surface area contributed by atoms with Crippen molar-refractivity contribution >= 4 is 29.6 Å². The van der Waals surface area contributed by atoms with Crippen LogP contribution in [-0.4, -0.2) is 23.5 Å². The van der Waals surface area contributed by atoms with Crippen molar-refractivity contribution in [3.63, 3.8) is 0 Å². The van der Waals surface area contributed by atoms with Gasteiger partial charge in [-0.05, 0) is 38.5 Å². The van der Waals surface area contributed by atoms with Crippen LogP contribution in [-0.2, 0) is 4.79 Å². The normalized spacial score (nSPS) is 17.5. The summed E-state index contributed by atoms with van der Waals surface area (Å²) in [4.78, 5) is 26.1. The number of fused-ring (bicyclic) bond motifs is 1. The molecule has 0 aromatic heterocycles. The molecule has 0 aliphatic carbocycles. The Morgan fingerprint density at radius 2 is 2.11 bits per heavy atom. The first-order valence-corrected chi connectivity index (χ1v) is 6.91. The van der Waals surface area contributed by atoms with Gasteiger partial charge in [-0.2, -0.15) is 0 Å². The van der Waals surface area contributed by atoms with E-state index in [0.717, 1.165) is 29.8 Å². The summed E-state index contributed by atoms with van der Waals surface area (Å²) in [5, 5.41) is 0. The van der Waals surface area contributed by atoms with Crippen LogP contribution >= 0.6 is 11.8 Å². The van der Waals surface area contributed by atoms with Crippen LogP contribution in [0.4, 0.5) is 5.69 Å². The molecule has 1 aliphatic rings. The zero-order valence-electron chi connectivity index (χ0n) is 10.9. The van der Waals surface area contributed by atoms with Crippen LogP contribution in [0.5, 0.6) is 0 Å². The summed E-state index contributed by atoms with van der Waals surface area (Å²) in [5.74, 6) is 0.140. The quantitative estimate of drug-likeness (QED) is 0.786. The molecule has 2 rings (SSSR count). The second-order valence-electron chi connectivity index (χ2n) is 4.91. The number of benzene rings is 1. The largest absolute Gasteiger partial charge is 0.310 e.